The molecule has 0 radical (unpaired) electrons. The summed E-state index contributed by atoms with van der Waals surface area (Å²) in [5.74, 6) is -0.475. The van der Waals surface area contributed by atoms with E-state index in [1.54, 1.807) is 13.8 Å². The molecule has 0 rings (SSSR count). The van der Waals surface area contributed by atoms with Crippen molar-refractivity contribution in [2.24, 2.45) is 0 Å². The van der Waals surface area contributed by atoms with E-state index in [0.29, 0.717) is 18.8 Å². The lowest BCUT2D eigenvalue weighted by molar-refractivity contribution is -0.170. The molecule has 4 heteroatoms. The van der Waals surface area contributed by atoms with Crippen molar-refractivity contribution in [3.05, 3.63) is 12.2 Å². The minimum atomic E-state index is -0.548. The number of esters is 1. The van der Waals surface area contributed by atoms with E-state index in [1.165, 1.54) is 0 Å². The molecule has 0 fully saturated rings. The van der Waals surface area contributed by atoms with Gasteiger partial charge in [0.05, 0.1) is 11.7 Å². The van der Waals surface area contributed by atoms with E-state index in [9.17, 15) is 4.79 Å². The van der Waals surface area contributed by atoms with Crippen LogP contribution in [0.25, 0.3) is 0 Å². The van der Waals surface area contributed by atoms with E-state index in [-0.39, 0.29) is 6.10 Å². The number of carbonyl (C=O) groups is 1. The molecule has 2 unspecified atom stereocenters. The van der Waals surface area contributed by atoms with Gasteiger partial charge in [0.15, 0.2) is 6.29 Å². The van der Waals surface area contributed by atoms with E-state index in [4.69, 9.17) is 14.2 Å². The summed E-state index contributed by atoms with van der Waals surface area (Å²) in [6.45, 7) is 11.8. The molecule has 0 saturated heterocycles. The lowest BCUT2D eigenvalue weighted by Gasteiger charge is -2.17. The molecule has 0 heterocycles. The largest absolute Gasteiger partial charge is 0.433 e. The second-order valence-electron chi connectivity index (χ2n) is 3.05. The van der Waals surface area contributed by atoms with Crippen molar-refractivity contribution >= 4 is 5.97 Å². The zero-order valence-corrected chi connectivity index (χ0v) is 9.91. The van der Waals surface area contributed by atoms with Crippen molar-refractivity contribution in [3.63, 3.8) is 0 Å². The summed E-state index contributed by atoms with van der Waals surface area (Å²) in [5.41, 5.74) is 0.309. The number of rotatable bonds is 7. The highest BCUT2D eigenvalue weighted by Crippen LogP contribution is 2.08. The van der Waals surface area contributed by atoms with E-state index >= 15 is 0 Å². The highest BCUT2D eigenvalue weighted by atomic mass is 16.7. The summed E-state index contributed by atoms with van der Waals surface area (Å²) in [7, 11) is 0. The van der Waals surface area contributed by atoms with Crippen LogP contribution in [0.4, 0.5) is 0 Å². The highest BCUT2D eigenvalue weighted by molar-refractivity contribution is 5.88. The molecule has 4 nitrogen and oxygen atoms in total. The third-order valence-corrected chi connectivity index (χ3v) is 1.84. The second kappa shape index (κ2) is 7.43. The summed E-state index contributed by atoms with van der Waals surface area (Å²) < 4.78 is 15.3. The van der Waals surface area contributed by atoms with Gasteiger partial charge in [-0.2, -0.15) is 0 Å². The third kappa shape index (κ3) is 5.54. The van der Waals surface area contributed by atoms with Gasteiger partial charge in [-0.3, -0.25) is 0 Å². The minimum Gasteiger partial charge on any atom is -0.433 e. The molecule has 15 heavy (non-hydrogen) atoms. The molecule has 0 aliphatic heterocycles. The molecule has 0 aromatic carbocycles. The molecule has 0 aromatic heterocycles. The fraction of sp³-hybridized carbons (Fsp3) is 0.727. The number of hydrogen-bond donors (Lipinski definition) is 0. The highest BCUT2D eigenvalue weighted by Gasteiger charge is 2.18. The van der Waals surface area contributed by atoms with Crippen LogP contribution in [0, 0.1) is 0 Å². The van der Waals surface area contributed by atoms with Crippen molar-refractivity contribution in [1.29, 1.82) is 0 Å². The molecule has 2 atom stereocenters. The molecule has 0 bridgehead atoms. The standard InChI is InChI=1S/C11H20O4/c1-6-13-9(4)8(3)11(12)15-10(5)14-7-2/h9-10H,3,6-7H2,1-2,4-5H3. The summed E-state index contributed by atoms with van der Waals surface area (Å²) in [6.07, 6.45) is -0.871. The first-order valence-corrected chi connectivity index (χ1v) is 5.15. The summed E-state index contributed by atoms with van der Waals surface area (Å²) >= 11 is 0. The second-order valence-corrected chi connectivity index (χ2v) is 3.05. The lowest BCUT2D eigenvalue weighted by Crippen LogP contribution is -2.24. The first-order chi connectivity index (χ1) is 7.02. The summed E-state index contributed by atoms with van der Waals surface area (Å²) in [5, 5.41) is 0. The van der Waals surface area contributed by atoms with Crippen LogP contribution in [0.3, 0.4) is 0 Å². The topological polar surface area (TPSA) is 44.8 Å². The predicted molar refractivity (Wildman–Crippen MR) is 57.4 cm³/mol. The van der Waals surface area contributed by atoms with Crippen molar-refractivity contribution in [2.45, 2.75) is 40.1 Å². The maximum atomic E-state index is 11.5. The molecule has 0 aliphatic carbocycles. The van der Waals surface area contributed by atoms with Crippen LogP contribution < -0.4 is 0 Å². The van der Waals surface area contributed by atoms with Crippen LogP contribution in [-0.2, 0) is 19.0 Å². The van der Waals surface area contributed by atoms with Crippen LogP contribution in [0.5, 0.6) is 0 Å². The van der Waals surface area contributed by atoms with Crippen molar-refractivity contribution in [1.82, 2.24) is 0 Å². The van der Waals surface area contributed by atoms with Gasteiger partial charge in [0, 0.05) is 13.2 Å². The van der Waals surface area contributed by atoms with Gasteiger partial charge in [-0.1, -0.05) is 6.58 Å². The predicted octanol–water partition coefficient (Wildman–Crippen LogP) is 1.89. The normalized spacial score (nSPS) is 14.4. The van der Waals surface area contributed by atoms with Crippen molar-refractivity contribution in [3.8, 4) is 0 Å². The smallest absolute Gasteiger partial charge is 0.338 e. The van der Waals surface area contributed by atoms with Crippen LogP contribution in [0.2, 0.25) is 0 Å². The van der Waals surface area contributed by atoms with Gasteiger partial charge in [0.2, 0.25) is 0 Å². The monoisotopic (exact) mass is 216 g/mol. The first kappa shape index (κ1) is 14.1. The Morgan fingerprint density at radius 2 is 1.73 bits per heavy atom. The Morgan fingerprint density at radius 1 is 1.20 bits per heavy atom. The maximum absolute atomic E-state index is 11.5. The van der Waals surface area contributed by atoms with Crippen molar-refractivity contribution < 1.29 is 19.0 Å². The Labute approximate surface area is 91.2 Å². The fourth-order valence-electron chi connectivity index (χ4n) is 1.01. The zero-order valence-electron chi connectivity index (χ0n) is 9.91. The summed E-state index contributed by atoms with van der Waals surface area (Å²) in [4.78, 5) is 11.5. The van der Waals surface area contributed by atoms with E-state index in [0.717, 1.165) is 0 Å². The zero-order chi connectivity index (χ0) is 11.8. The molecular formula is C11H20O4. The maximum Gasteiger partial charge on any atom is 0.338 e. The van der Waals surface area contributed by atoms with Gasteiger partial charge < -0.3 is 14.2 Å². The average Bonchev–Trinajstić information content (AvgIpc) is 2.17. The number of carbonyl (C=O) groups excluding carboxylic acids is 1. The first-order valence-electron chi connectivity index (χ1n) is 5.15. The molecule has 0 aromatic rings. The molecule has 0 aliphatic rings. The van der Waals surface area contributed by atoms with Crippen molar-refractivity contribution in [2.75, 3.05) is 13.2 Å². The Hall–Kier alpha value is -0.870. The van der Waals surface area contributed by atoms with Gasteiger partial charge >= 0.3 is 5.97 Å². The Balaban J connectivity index is 4.03. The molecule has 0 spiro atoms. The molecule has 88 valence electrons. The average molecular weight is 216 g/mol. The van der Waals surface area contributed by atoms with Crippen LogP contribution in [0.15, 0.2) is 12.2 Å². The van der Waals surface area contributed by atoms with Gasteiger partial charge in [0.1, 0.15) is 0 Å². The van der Waals surface area contributed by atoms with Crippen LogP contribution >= 0.6 is 0 Å². The minimum absolute atomic E-state index is 0.309. The quantitative estimate of drug-likeness (QED) is 0.370. The van der Waals surface area contributed by atoms with Crippen LogP contribution in [0.1, 0.15) is 27.7 Å². The van der Waals surface area contributed by atoms with Crippen LogP contribution in [-0.4, -0.2) is 31.6 Å². The van der Waals surface area contributed by atoms with Gasteiger partial charge in [-0.05, 0) is 27.7 Å². The Morgan fingerprint density at radius 3 is 2.20 bits per heavy atom. The van der Waals surface area contributed by atoms with E-state index in [1.807, 2.05) is 13.8 Å². The molecule has 0 amide bonds. The molecular weight excluding hydrogens is 196 g/mol. The fourth-order valence-corrected chi connectivity index (χ4v) is 1.01. The SMILES string of the molecule is C=C(C(=O)OC(C)OCC)C(C)OCC. The Kier molecular flexibility index (Phi) is 6.99. The van der Waals surface area contributed by atoms with E-state index < -0.39 is 12.3 Å². The number of ether oxygens (including phenoxy) is 3. The molecule has 0 N–H and O–H groups in total. The Bertz CT molecular complexity index is 213. The third-order valence-electron chi connectivity index (χ3n) is 1.84. The van der Waals surface area contributed by atoms with Gasteiger partial charge in [-0.25, -0.2) is 4.79 Å². The molecule has 0 saturated carbocycles. The lowest BCUT2D eigenvalue weighted by atomic mass is 10.2. The summed E-state index contributed by atoms with van der Waals surface area (Å²) in [6, 6.07) is 0. The van der Waals surface area contributed by atoms with Gasteiger partial charge in [0.25, 0.3) is 0 Å². The van der Waals surface area contributed by atoms with Gasteiger partial charge in [-0.15, -0.1) is 0 Å². The number of hydrogen-bond acceptors (Lipinski definition) is 4. The van der Waals surface area contributed by atoms with E-state index in [2.05, 4.69) is 6.58 Å².